The van der Waals surface area contributed by atoms with E-state index in [9.17, 15) is 14.4 Å². The predicted octanol–water partition coefficient (Wildman–Crippen LogP) is 5.87. The van der Waals surface area contributed by atoms with Crippen LogP contribution in [0, 0.1) is 0 Å². The summed E-state index contributed by atoms with van der Waals surface area (Å²) in [6.07, 6.45) is 5.14. The molecule has 6 aromatic heterocycles. The number of pyridine rings is 6. The summed E-state index contributed by atoms with van der Waals surface area (Å²) in [5, 5.41) is 14.5. The predicted molar refractivity (Wildman–Crippen MR) is 225 cm³/mol. The number of hydrogen-bond donors (Lipinski definition) is 3. The lowest BCUT2D eigenvalue weighted by molar-refractivity contribution is 0.0944. The summed E-state index contributed by atoms with van der Waals surface area (Å²) in [5.74, 6) is -0.944. The second kappa shape index (κ2) is 15.9. The quantitative estimate of drug-likeness (QED) is 0.128. The van der Waals surface area contributed by atoms with E-state index in [0.29, 0.717) is 55.8 Å². The molecule has 0 bridgehead atoms. The van der Waals surface area contributed by atoms with Gasteiger partial charge in [0.25, 0.3) is 17.7 Å². The summed E-state index contributed by atoms with van der Waals surface area (Å²) in [7, 11) is 0. The molecule has 0 saturated heterocycles. The molecule has 3 N–H and O–H groups in total. The topological polar surface area (TPSA) is 168 Å². The number of carbonyl (C=O) groups is 3. The van der Waals surface area contributed by atoms with Crippen molar-refractivity contribution < 1.29 is 14.4 Å². The van der Waals surface area contributed by atoms with Gasteiger partial charge in [-0.15, -0.1) is 0 Å². The van der Waals surface area contributed by atoms with E-state index in [1.807, 2.05) is 91.0 Å². The Kier molecular flexibility index (Phi) is 9.92. The normalized spacial score (nSPS) is 11.5. The van der Waals surface area contributed by atoms with E-state index >= 15 is 0 Å². The van der Waals surface area contributed by atoms with Crippen LogP contribution >= 0.6 is 0 Å². The van der Waals surface area contributed by atoms with Crippen molar-refractivity contribution in [3.05, 3.63) is 145 Å². The van der Waals surface area contributed by atoms with E-state index in [0.717, 1.165) is 48.9 Å². The second-order valence-corrected chi connectivity index (χ2v) is 13.8. The highest BCUT2D eigenvalue weighted by Crippen LogP contribution is 2.24. The molecule has 3 amide bonds. The Morgan fingerprint density at radius 3 is 0.966 bits per heavy atom. The number of amides is 3. The van der Waals surface area contributed by atoms with Crippen LogP contribution in [0.25, 0.3) is 65.4 Å². The van der Waals surface area contributed by atoms with Crippen LogP contribution in [-0.2, 0) is 0 Å². The minimum absolute atomic E-state index is 0.286. The van der Waals surface area contributed by atoms with E-state index < -0.39 is 0 Å². The van der Waals surface area contributed by atoms with Gasteiger partial charge in [0.15, 0.2) is 0 Å². The van der Waals surface area contributed by atoms with Crippen molar-refractivity contribution in [2.45, 2.75) is 0 Å². The lowest BCUT2D eigenvalue weighted by Gasteiger charge is -2.23. The average Bonchev–Trinajstić information content (AvgIpc) is 3.28. The fraction of sp³-hybridized carbons (Fsp3) is 0.133. The van der Waals surface area contributed by atoms with E-state index in [1.54, 1.807) is 36.8 Å². The van der Waals surface area contributed by atoms with Gasteiger partial charge >= 0.3 is 0 Å². The molecule has 6 heterocycles. The van der Waals surface area contributed by atoms with Crippen molar-refractivity contribution in [2.75, 3.05) is 39.3 Å². The van der Waals surface area contributed by atoms with Crippen LogP contribution in [-0.4, -0.2) is 91.8 Å². The second-order valence-electron chi connectivity index (χ2n) is 13.8. The molecule has 9 rings (SSSR count). The van der Waals surface area contributed by atoms with Gasteiger partial charge in [-0.1, -0.05) is 72.8 Å². The molecule has 13 nitrogen and oxygen atoms in total. The summed E-state index contributed by atoms with van der Waals surface area (Å²) in [4.78, 5) is 69.5. The first-order chi connectivity index (χ1) is 28.5. The van der Waals surface area contributed by atoms with Gasteiger partial charge in [-0.3, -0.25) is 34.2 Å². The monoisotopic (exact) mass is 764 g/mol. The SMILES string of the molecule is O=C(NCCN(CCNC(=O)c1ccc2ccc3cccnc3c2n1)CCNC(=O)c1ccc2ccc3cccnc3c2n1)c1ccc2ccc3cccnc3c2n1. The summed E-state index contributed by atoms with van der Waals surface area (Å²) in [6.45, 7) is 2.21. The van der Waals surface area contributed by atoms with E-state index in [4.69, 9.17) is 0 Å². The fourth-order valence-electron chi connectivity index (χ4n) is 7.14. The van der Waals surface area contributed by atoms with Crippen LogP contribution in [0.15, 0.2) is 128 Å². The summed E-state index contributed by atoms with van der Waals surface area (Å²) in [5.41, 5.74) is 5.04. The maximum Gasteiger partial charge on any atom is 0.269 e. The number of nitrogens with zero attached hydrogens (tertiary/aromatic N) is 7. The molecular formula is C45H36N10O3. The van der Waals surface area contributed by atoms with E-state index in [2.05, 4.69) is 50.8 Å². The molecule has 0 atom stereocenters. The molecule has 0 saturated carbocycles. The zero-order chi connectivity index (χ0) is 39.4. The summed E-state index contributed by atoms with van der Waals surface area (Å²) < 4.78 is 0. The van der Waals surface area contributed by atoms with Crippen molar-refractivity contribution >= 4 is 83.1 Å². The smallest absolute Gasteiger partial charge is 0.269 e. The fourth-order valence-corrected chi connectivity index (χ4v) is 7.14. The van der Waals surface area contributed by atoms with E-state index in [1.165, 1.54) is 0 Å². The molecule has 58 heavy (non-hydrogen) atoms. The van der Waals surface area contributed by atoms with Crippen molar-refractivity contribution in [2.24, 2.45) is 0 Å². The molecule has 284 valence electrons. The van der Waals surface area contributed by atoms with Gasteiger partial charge in [-0.25, -0.2) is 15.0 Å². The lowest BCUT2D eigenvalue weighted by atomic mass is 10.1. The Labute approximate surface area is 331 Å². The van der Waals surface area contributed by atoms with Gasteiger partial charge in [-0.2, -0.15) is 0 Å². The molecule has 0 fully saturated rings. The van der Waals surface area contributed by atoms with Crippen LogP contribution in [0.3, 0.4) is 0 Å². The van der Waals surface area contributed by atoms with Crippen LogP contribution < -0.4 is 16.0 Å². The van der Waals surface area contributed by atoms with Crippen LogP contribution in [0.4, 0.5) is 0 Å². The van der Waals surface area contributed by atoms with Gasteiger partial charge in [-0.05, 0) is 36.4 Å². The van der Waals surface area contributed by atoms with Gasteiger partial charge in [0.05, 0.1) is 33.1 Å². The Morgan fingerprint density at radius 2 is 0.655 bits per heavy atom. The van der Waals surface area contributed by atoms with Crippen molar-refractivity contribution in [1.29, 1.82) is 0 Å². The molecule has 0 aliphatic carbocycles. The first-order valence-electron chi connectivity index (χ1n) is 19.0. The number of benzene rings is 3. The standard InChI is InChI=1S/C45H36N10O3/c56-43(34-16-13-31-10-7-28-4-1-19-46-37(28)40(31)52-34)49-22-25-55(26-23-50-44(57)35-17-14-32-11-8-29-5-2-20-47-38(29)41(32)53-35)27-24-51-45(58)36-18-15-33-12-9-30-6-3-21-48-39(30)42(33)54-36/h1-21H,22-27H2,(H,49,56)(H,50,57)(H,51,58). The maximum atomic E-state index is 13.3. The highest BCUT2D eigenvalue weighted by atomic mass is 16.2. The summed E-state index contributed by atoms with van der Waals surface area (Å²) in [6, 6.07) is 34.1. The molecule has 3 aromatic carbocycles. The third kappa shape index (κ3) is 7.41. The third-order valence-corrected chi connectivity index (χ3v) is 10.1. The first kappa shape index (κ1) is 36.1. The Bertz CT molecular complexity index is 2720. The maximum absolute atomic E-state index is 13.3. The Balaban J connectivity index is 0.870. The highest BCUT2D eigenvalue weighted by Gasteiger charge is 2.16. The minimum Gasteiger partial charge on any atom is -0.349 e. The lowest BCUT2D eigenvalue weighted by Crippen LogP contribution is -2.43. The average molecular weight is 765 g/mol. The van der Waals surface area contributed by atoms with Crippen molar-refractivity contribution in [3.8, 4) is 0 Å². The van der Waals surface area contributed by atoms with Gasteiger partial charge in [0.2, 0.25) is 0 Å². The zero-order valence-electron chi connectivity index (χ0n) is 31.2. The minimum atomic E-state index is -0.315. The van der Waals surface area contributed by atoms with E-state index in [-0.39, 0.29) is 34.8 Å². The van der Waals surface area contributed by atoms with Gasteiger partial charge < -0.3 is 16.0 Å². The molecule has 13 heteroatoms. The number of fused-ring (bicyclic) bond motifs is 9. The molecule has 0 unspecified atom stereocenters. The van der Waals surface area contributed by atoms with Crippen LogP contribution in [0.2, 0.25) is 0 Å². The Hall–Kier alpha value is -7.51. The zero-order valence-corrected chi connectivity index (χ0v) is 31.2. The highest BCUT2D eigenvalue weighted by molar-refractivity contribution is 6.07. The molecule has 9 aromatic rings. The molecular weight excluding hydrogens is 729 g/mol. The van der Waals surface area contributed by atoms with Crippen molar-refractivity contribution in [1.82, 2.24) is 50.8 Å². The summed E-state index contributed by atoms with van der Waals surface area (Å²) >= 11 is 0. The number of nitrogens with one attached hydrogen (secondary N) is 3. The Morgan fingerprint density at radius 1 is 0.379 bits per heavy atom. The molecule has 0 aliphatic rings. The van der Waals surface area contributed by atoms with Crippen LogP contribution in [0.5, 0.6) is 0 Å². The van der Waals surface area contributed by atoms with Crippen molar-refractivity contribution in [3.63, 3.8) is 0 Å². The number of hydrogen-bond acceptors (Lipinski definition) is 10. The largest absolute Gasteiger partial charge is 0.349 e. The number of carbonyl (C=O) groups excluding carboxylic acids is 3. The van der Waals surface area contributed by atoms with Crippen LogP contribution in [0.1, 0.15) is 31.5 Å². The number of rotatable bonds is 12. The molecule has 0 radical (unpaired) electrons. The number of aromatic nitrogens is 6. The first-order valence-corrected chi connectivity index (χ1v) is 19.0. The third-order valence-electron chi connectivity index (χ3n) is 10.1. The van der Waals surface area contributed by atoms with Gasteiger partial charge in [0.1, 0.15) is 17.1 Å². The molecule has 0 aliphatic heterocycles. The molecule has 0 spiro atoms. The van der Waals surface area contributed by atoms with Gasteiger partial charge in [0, 0.05) is 90.2 Å².